The number of aromatic nitrogens is 4. The number of amides is 2. The Morgan fingerprint density at radius 2 is 1.59 bits per heavy atom. The normalized spacial score (nSPS) is 12.2. The quantitative estimate of drug-likeness (QED) is 0.133. The Morgan fingerprint density at radius 3 is 2.20 bits per heavy atom. The number of nitrogens with zero attached hydrogens (tertiary/aromatic N) is 5. The first-order chi connectivity index (χ1) is 19.3. The van der Waals surface area contributed by atoms with E-state index in [1.54, 1.807) is 19.2 Å². The minimum Gasteiger partial charge on any atom is -0.481 e. The van der Waals surface area contributed by atoms with E-state index in [1.165, 1.54) is 18.3 Å². The van der Waals surface area contributed by atoms with E-state index in [0.717, 1.165) is 0 Å². The fourth-order valence-electron chi connectivity index (χ4n) is 3.68. The zero-order chi connectivity index (χ0) is 30.3. The zero-order valence-electron chi connectivity index (χ0n) is 21.6. The average Bonchev–Trinajstić information content (AvgIpc) is 2.90. The first kappa shape index (κ1) is 29.9. The Morgan fingerprint density at radius 1 is 0.927 bits per heavy atom. The van der Waals surface area contributed by atoms with E-state index >= 15 is 0 Å². The van der Waals surface area contributed by atoms with Gasteiger partial charge in [-0.25, -0.2) is 19.6 Å². The number of nitrogens with one attached hydrogen (secondary N) is 2. The van der Waals surface area contributed by atoms with Crippen molar-refractivity contribution in [1.29, 1.82) is 0 Å². The predicted octanol–water partition coefficient (Wildman–Crippen LogP) is -0.772. The maximum atomic E-state index is 12.7. The van der Waals surface area contributed by atoms with Crippen molar-refractivity contribution in [1.82, 2.24) is 30.6 Å². The summed E-state index contributed by atoms with van der Waals surface area (Å²) in [5.74, 6) is -5.89. The summed E-state index contributed by atoms with van der Waals surface area (Å²) >= 11 is 0. The minimum absolute atomic E-state index is 0.0136. The van der Waals surface area contributed by atoms with Gasteiger partial charge in [-0.05, 0) is 30.7 Å². The van der Waals surface area contributed by atoms with Crippen molar-refractivity contribution in [2.45, 2.75) is 37.9 Å². The number of carboxylic acid groups (broad SMARTS) is 3. The van der Waals surface area contributed by atoms with Crippen LogP contribution < -0.4 is 27.0 Å². The predicted molar refractivity (Wildman–Crippen MR) is 142 cm³/mol. The van der Waals surface area contributed by atoms with Gasteiger partial charge in [0.05, 0.1) is 24.9 Å². The van der Waals surface area contributed by atoms with E-state index in [1.807, 2.05) is 10.2 Å². The second-order valence-electron chi connectivity index (χ2n) is 8.86. The van der Waals surface area contributed by atoms with Gasteiger partial charge in [0.15, 0.2) is 17.0 Å². The van der Waals surface area contributed by atoms with Gasteiger partial charge < -0.3 is 42.3 Å². The molecule has 3 aromatic rings. The molecule has 1 aromatic carbocycles. The highest BCUT2D eigenvalue weighted by Gasteiger charge is 2.25. The van der Waals surface area contributed by atoms with Crippen LogP contribution in [0.4, 0.5) is 17.5 Å². The number of carboxylic acids is 3. The molecule has 0 bridgehead atoms. The lowest BCUT2D eigenvalue weighted by molar-refractivity contribution is -0.147. The molecule has 0 aliphatic carbocycles. The Kier molecular flexibility index (Phi) is 9.46. The molecule has 0 spiro atoms. The molecule has 9 N–H and O–H groups in total. The second-order valence-corrected chi connectivity index (χ2v) is 8.86. The fraction of sp³-hybridized carbons (Fsp3) is 0.292. The molecule has 3 rings (SSSR count). The Balaban J connectivity index is 1.59. The summed E-state index contributed by atoms with van der Waals surface area (Å²) in [6.07, 6.45) is -0.151. The molecule has 2 amide bonds. The van der Waals surface area contributed by atoms with Crippen LogP contribution in [0.15, 0.2) is 30.5 Å². The van der Waals surface area contributed by atoms with Gasteiger partial charge in [-0.15, -0.1) is 0 Å². The van der Waals surface area contributed by atoms with Crippen LogP contribution in [-0.4, -0.2) is 84.1 Å². The Hall–Kier alpha value is -5.61. The maximum Gasteiger partial charge on any atom is 0.326 e. The first-order valence-corrected chi connectivity index (χ1v) is 12.0. The summed E-state index contributed by atoms with van der Waals surface area (Å²) in [4.78, 5) is 76.5. The first-order valence-electron chi connectivity index (χ1n) is 12.0. The summed E-state index contributed by atoms with van der Waals surface area (Å²) in [5.41, 5.74) is 13.4. The number of benzene rings is 1. The van der Waals surface area contributed by atoms with Crippen LogP contribution in [0.1, 0.15) is 35.3 Å². The van der Waals surface area contributed by atoms with E-state index < -0.39 is 54.6 Å². The summed E-state index contributed by atoms with van der Waals surface area (Å²) in [6, 6.07) is 3.11. The Bertz CT molecular complexity index is 1480. The highest BCUT2D eigenvalue weighted by Crippen LogP contribution is 2.19. The third-order valence-corrected chi connectivity index (χ3v) is 5.75. The molecule has 0 aliphatic rings. The number of hydrogen-bond acceptors (Lipinski definition) is 12. The van der Waals surface area contributed by atoms with Crippen molar-refractivity contribution < 1.29 is 39.3 Å². The molecule has 216 valence electrons. The van der Waals surface area contributed by atoms with Crippen LogP contribution in [-0.2, 0) is 25.7 Å². The van der Waals surface area contributed by atoms with Crippen molar-refractivity contribution in [2.75, 3.05) is 23.4 Å². The van der Waals surface area contributed by atoms with Crippen molar-refractivity contribution in [3.63, 3.8) is 0 Å². The van der Waals surface area contributed by atoms with Crippen LogP contribution in [0.2, 0.25) is 0 Å². The molecule has 0 saturated carbocycles. The zero-order valence-corrected chi connectivity index (χ0v) is 21.6. The molecular formula is C24H27N9O8. The molecular weight excluding hydrogens is 542 g/mol. The molecule has 0 radical (unpaired) electrons. The van der Waals surface area contributed by atoms with E-state index in [-0.39, 0.29) is 29.4 Å². The van der Waals surface area contributed by atoms with Crippen LogP contribution in [0.5, 0.6) is 0 Å². The molecule has 17 heteroatoms. The molecule has 17 nitrogen and oxygen atoms in total. The highest BCUT2D eigenvalue weighted by molar-refractivity contribution is 5.97. The number of fused-ring (bicyclic) bond motifs is 1. The number of hydrogen-bond donors (Lipinski definition) is 7. The number of nitrogen functional groups attached to an aromatic ring is 2. The van der Waals surface area contributed by atoms with Crippen molar-refractivity contribution in [2.24, 2.45) is 0 Å². The molecule has 2 heterocycles. The van der Waals surface area contributed by atoms with Gasteiger partial charge in [0, 0.05) is 24.7 Å². The van der Waals surface area contributed by atoms with Gasteiger partial charge in [-0.3, -0.25) is 14.4 Å². The standard InChI is InChI=1S/C24H27N9O8/c1-33(10-12-9-27-20-18(28-12)19(25)31-24(26)32-20)13-4-2-11(3-5-13)21(37)30-14(22(38)39)6-7-16(34)29-15(23(40)41)8-17(35)36/h2-5,9,14-15H,6-8,10H2,1H3,(H,29,34)(H,30,37)(H,35,36)(H,38,39)(H,40,41)(H4,25,26,27,31,32)/t14?,15-/m0/s1. The number of anilines is 3. The maximum absolute atomic E-state index is 12.7. The SMILES string of the molecule is CN(Cc1cnc2nc(N)nc(N)c2n1)c1ccc(C(=O)NC(CCC(=O)N[C@@H](CC(=O)O)C(=O)O)C(=O)O)cc1. The van der Waals surface area contributed by atoms with Gasteiger partial charge in [0.1, 0.15) is 12.1 Å². The summed E-state index contributed by atoms with van der Waals surface area (Å²) < 4.78 is 0. The molecule has 0 saturated heterocycles. The average molecular weight is 570 g/mol. The number of carbonyl (C=O) groups is 5. The van der Waals surface area contributed by atoms with Crippen molar-refractivity contribution in [3.8, 4) is 0 Å². The van der Waals surface area contributed by atoms with E-state index in [0.29, 0.717) is 23.4 Å². The van der Waals surface area contributed by atoms with Crippen molar-refractivity contribution in [3.05, 3.63) is 41.7 Å². The second kappa shape index (κ2) is 13.0. The molecule has 2 aromatic heterocycles. The number of nitrogens with two attached hydrogens (primary N) is 2. The minimum atomic E-state index is -1.67. The van der Waals surface area contributed by atoms with Crippen LogP contribution in [0.3, 0.4) is 0 Å². The van der Waals surface area contributed by atoms with Crippen molar-refractivity contribution >= 4 is 58.3 Å². The van der Waals surface area contributed by atoms with Gasteiger partial charge in [0.25, 0.3) is 5.91 Å². The van der Waals surface area contributed by atoms with Gasteiger partial charge >= 0.3 is 17.9 Å². The number of rotatable bonds is 13. The van der Waals surface area contributed by atoms with Gasteiger partial charge in [-0.1, -0.05) is 0 Å². The largest absolute Gasteiger partial charge is 0.481 e. The highest BCUT2D eigenvalue weighted by atomic mass is 16.4. The van der Waals surface area contributed by atoms with Crippen LogP contribution in [0.25, 0.3) is 11.2 Å². The monoisotopic (exact) mass is 569 g/mol. The Labute approximate surface area is 231 Å². The van der Waals surface area contributed by atoms with E-state index in [4.69, 9.17) is 21.7 Å². The third kappa shape index (κ3) is 8.19. The number of carbonyl (C=O) groups excluding carboxylic acids is 2. The van der Waals surface area contributed by atoms with Gasteiger partial charge in [0.2, 0.25) is 11.9 Å². The van der Waals surface area contributed by atoms with E-state index in [9.17, 15) is 29.1 Å². The molecule has 1 unspecified atom stereocenters. The van der Waals surface area contributed by atoms with Crippen LogP contribution in [0, 0.1) is 0 Å². The van der Waals surface area contributed by atoms with Gasteiger partial charge in [-0.2, -0.15) is 9.97 Å². The summed E-state index contributed by atoms with van der Waals surface area (Å²) in [7, 11) is 1.78. The van der Waals surface area contributed by atoms with Crippen LogP contribution >= 0.6 is 0 Å². The van der Waals surface area contributed by atoms with E-state index in [2.05, 4.69) is 25.3 Å². The third-order valence-electron chi connectivity index (χ3n) is 5.75. The lowest BCUT2D eigenvalue weighted by Gasteiger charge is -2.19. The summed E-state index contributed by atoms with van der Waals surface area (Å²) in [5, 5.41) is 31.6. The topological polar surface area (TPSA) is 277 Å². The molecule has 0 fully saturated rings. The fourth-order valence-corrected chi connectivity index (χ4v) is 3.68. The number of aliphatic carboxylic acids is 3. The summed E-state index contributed by atoms with van der Waals surface area (Å²) in [6.45, 7) is 0.316. The lowest BCUT2D eigenvalue weighted by Crippen LogP contribution is -2.44. The lowest BCUT2D eigenvalue weighted by atomic mass is 10.1. The molecule has 0 aliphatic heterocycles. The smallest absolute Gasteiger partial charge is 0.326 e. The molecule has 2 atom stereocenters. The molecule has 41 heavy (non-hydrogen) atoms.